The fourth-order valence-corrected chi connectivity index (χ4v) is 2.54. The maximum Gasteiger partial charge on any atom is 0.254 e. The van der Waals surface area contributed by atoms with Crippen LogP contribution in [0.4, 0.5) is 0 Å². The molecule has 0 spiro atoms. The second-order valence-corrected chi connectivity index (χ2v) is 6.11. The lowest BCUT2D eigenvalue weighted by molar-refractivity contribution is 0.0159. The van der Waals surface area contributed by atoms with Gasteiger partial charge in [-0.25, -0.2) is 4.98 Å². The molecule has 2 aromatic rings. The van der Waals surface area contributed by atoms with Gasteiger partial charge in [-0.1, -0.05) is 0 Å². The average molecular weight is 337 g/mol. The summed E-state index contributed by atoms with van der Waals surface area (Å²) < 4.78 is 11.3. The number of likely N-dealkylation sites (tertiary alicyclic amines) is 1. The van der Waals surface area contributed by atoms with E-state index in [-0.39, 0.29) is 18.1 Å². The Kier molecular flexibility index (Phi) is 4.85. The van der Waals surface area contributed by atoms with Crippen LogP contribution in [0.3, 0.4) is 0 Å². The summed E-state index contributed by atoms with van der Waals surface area (Å²) in [7, 11) is 0. The summed E-state index contributed by atoms with van der Waals surface area (Å²) in [5, 5.41) is 9.04. The Labute approximate surface area is 146 Å². The second kappa shape index (κ2) is 7.22. The van der Waals surface area contributed by atoms with Crippen LogP contribution in [-0.4, -0.2) is 41.1 Å². The summed E-state index contributed by atoms with van der Waals surface area (Å²) in [5.41, 5.74) is 1.01. The highest BCUT2D eigenvalue weighted by Gasteiger charge is 2.33. The van der Waals surface area contributed by atoms with Crippen molar-refractivity contribution in [3.63, 3.8) is 0 Å². The molecule has 0 bridgehead atoms. The predicted octanol–water partition coefficient (Wildman–Crippen LogP) is 2.64. The van der Waals surface area contributed by atoms with Crippen molar-refractivity contribution >= 4 is 5.91 Å². The fourth-order valence-electron chi connectivity index (χ4n) is 2.54. The maximum atomic E-state index is 12.4. The number of hydrogen-bond acceptors (Lipinski definition) is 5. The Morgan fingerprint density at radius 1 is 1.28 bits per heavy atom. The highest BCUT2D eigenvalue weighted by molar-refractivity contribution is 5.94. The van der Waals surface area contributed by atoms with E-state index in [1.165, 1.54) is 0 Å². The molecule has 0 radical (unpaired) electrons. The quantitative estimate of drug-likeness (QED) is 0.838. The monoisotopic (exact) mass is 337 g/mol. The Balaban J connectivity index is 1.55. The van der Waals surface area contributed by atoms with Crippen molar-refractivity contribution in [1.29, 1.82) is 5.26 Å². The summed E-state index contributed by atoms with van der Waals surface area (Å²) in [5.74, 6) is 1.02. The van der Waals surface area contributed by atoms with Crippen LogP contribution in [0.5, 0.6) is 11.6 Å². The van der Waals surface area contributed by atoms with E-state index in [1.807, 2.05) is 19.9 Å². The highest BCUT2D eigenvalue weighted by Crippen LogP contribution is 2.22. The van der Waals surface area contributed by atoms with Gasteiger partial charge >= 0.3 is 0 Å². The van der Waals surface area contributed by atoms with E-state index in [9.17, 15) is 4.79 Å². The van der Waals surface area contributed by atoms with Gasteiger partial charge < -0.3 is 14.4 Å². The van der Waals surface area contributed by atoms with Gasteiger partial charge in [0.05, 0.1) is 19.2 Å². The summed E-state index contributed by atoms with van der Waals surface area (Å²) in [6.07, 6.45) is 1.53. The van der Waals surface area contributed by atoms with Crippen LogP contribution in [0.1, 0.15) is 29.8 Å². The molecule has 1 aromatic carbocycles. The van der Waals surface area contributed by atoms with Gasteiger partial charge in [0, 0.05) is 11.8 Å². The molecule has 1 saturated heterocycles. The second-order valence-electron chi connectivity index (χ2n) is 6.11. The summed E-state index contributed by atoms with van der Waals surface area (Å²) in [6.45, 7) is 4.87. The number of pyridine rings is 1. The molecule has 1 aliphatic heterocycles. The van der Waals surface area contributed by atoms with Crippen molar-refractivity contribution in [2.75, 3.05) is 13.1 Å². The lowest BCUT2D eigenvalue weighted by Crippen LogP contribution is -2.56. The summed E-state index contributed by atoms with van der Waals surface area (Å²) >= 11 is 0. The molecule has 1 amide bonds. The fraction of sp³-hybridized carbons (Fsp3) is 0.316. The highest BCUT2D eigenvalue weighted by atomic mass is 16.5. The number of nitriles is 1. The van der Waals surface area contributed by atoms with E-state index in [0.717, 1.165) is 5.75 Å². The molecular formula is C19H19N3O3. The third kappa shape index (κ3) is 3.89. The van der Waals surface area contributed by atoms with Crippen molar-refractivity contribution in [2.24, 2.45) is 0 Å². The van der Waals surface area contributed by atoms with E-state index in [1.54, 1.807) is 47.5 Å². The molecule has 25 heavy (non-hydrogen) atoms. The minimum absolute atomic E-state index is 0.0440. The van der Waals surface area contributed by atoms with Crippen LogP contribution in [-0.2, 0) is 0 Å². The van der Waals surface area contributed by atoms with Crippen LogP contribution < -0.4 is 9.47 Å². The van der Waals surface area contributed by atoms with Crippen LogP contribution in [0.25, 0.3) is 0 Å². The minimum atomic E-state index is -0.144. The number of ether oxygens (including phenoxy) is 2. The van der Waals surface area contributed by atoms with Crippen LogP contribution >= 0.6 is 0 Å². The largest absolute Gasteiger partial charge is 0.491 e. The Morgan fingerprint density at radius 3 is 2.64 bits per heavy atom. The zero-order chi connectivity index (χ0) is 17.8. The first-order valence-electron chi connectivity index (χ1n) is 8.14. The van der Waals surface area contributed by atoms with E-state index < -0.39 is 0 Å². The van der Waals surface area contributed by atoms with Gasteiger partial charge in [-0.15, -0.1) is 0 Å². The number of amides is 1. The number of carbonyl (C=O) groups is 1. The molecule has 128 valence electrons. The van der Waals surface area contributed by atoms with E-state index in [0.29, 0.717) is 30.1 Å². The van der Waals surface area contributed by atoms with Crippen molar-refractivity contribution in [1.82, 2.24) is 9.88 Å². The standard InChI is InChI=1S/C19H19N3O3/c1-13(2)24-16-7-5-14(6-8-16)19(23)22-11-17(12-22)25-18-15(10-20)4-3-9-21-18/h3-9,13,17H,11-12H2,1-2H3. The first kappa shape index (κ1) is 16.8. The first-order chi connectivity index (χ1) is 12.1. The zero-order valence-electron chi connectivity index (χ0n) is 14.2. The van der Waals surface area contributed by atoms with E-state index >= 15 is 0 Å². The minimum Gasteiger partial charge on any atom is -0.491 e. The van der Waals surface area contributed by atoms with Crippen molar-refractivity contribution in [2.45, 2.75) is 26.1 Å². The van der Waals surface area contributed by atoms with Gasteiger partial charge in [-0.2, -0.15) is 5.26 Å². The predicted molar refractivity (Wildman–Crippen MR) is 91.5 cm³/mol. The molecule has 1 fully saturated rings. The smallest absolute Gasteiger partial charge is 0.254 e. The Morgan fingerprint density at radius 2 is 2.00 bits per heavy atom. The topological polar surface area (TPSA) is 75.4 Å². The van der Waals surface area contributed by atoms with Gasteiger partial charge in [0.2, 0.25) is 5.88 Å². The van der Waals surface area contributed by atoms with Gasteiger partial charge in [0.15, 0.2) is 0 Å². The normalized spacial score (nSPS) is 13.9. The number of rotatable bonds is 5. The molecule has 0 N–H and O–H groups in total. The van der Waals surface area contributed by atoms with Crippen molar-refractivity contribution in [3.8, 4) is 17.7 Å². The van der Waals surface area contributed by atoms with Crippen LogP contribution in [0.15, 0.2) is 42.6 Å². The number of hydrogen-bond donors (Lipinski definition) is 0. The third-order valence-corrected chi connectivity index (χ3v) is 3.78. The van der Waals surface area contributed by atoms with Crippen LogP contribution in [0, 0.1) is 11.3 Å². The Hall–Kier alpha value is -3.07. The SMILES string of the molecule is CC(C)Oc1ccc(C(=O)N2CC(Oc3ncccc3C#N)C2)cc1. The number of carbonyl (C=O) groups excluding carboxylic acids is 1. The lowest BCUT2D eigenvalue weighted by atomic mass is 10.1. The van der Waals surface area contributed by atoms with Crippen LogP contribution in [0.2, 0.25) is 0 Å². The molecule has 0 aliphatic carbocycles. The molecule has 6 nitrogen and oxygen atoms in total. The van der Waals surface area contributed by atoms with E-state index in [4.69, 9.17) is 14.7 Å². The van der Waals surface area contributed by atoms with Crippen molar-refractivity contribution in [3.05, 3.63) is 53.7 Å². The zero-order valence-corrected chi connectivity index (χ0v) is 14.2. The van der Waals surface area contributed by atoms with Gasteiger partial charge in [0.1, 0.15) is 23.5 Å². The molecule has 0 unspecified atom stereocenters. The summed E-state index contributed by atoms with van der Waals surface area (Å²) in [6, 6.07) is 12.5. The average Bonchev–Trinajstić information content (AvgIpc) is 2.57. The molecule has 2 heterocycles. The Bertz CT molecular complexity index is 790. The molecule has 0 saturated carbocycles. The molecule has 3 rings (SSSR count). The number of benzene rings is 1. The number of aromatic nitrogens is 1. The molecule has 0 atom stereocenters. The summed E-state index contributed by atoms with van der Waals surface area (Å²) in [4.78, 5) is 18.2. The van der Waals surface area contributed by atoms with Gasteiger partial charge in [-0.3, -0.25) is 4.79 Å². The third-order valence-electron chi connectivity index (χ3n) is 3.78. The molecule has 1 aliphatic rings. The molecular weight excluding hydrogens is 318 g/mol. The number of nitrogens with zero attached hydrogens (tertiary/aromatic N) is 3. The molecule has 1 aromatic heterocycles. The van der Waals surface area contributed by atoms with Crippen molar-refractivity contribution < 1.29 is 14.3 Å². The van der Waals surface area contributed by atoms with Gasteiger partial charge in [-0.05, 0) is 50.2 Å². The molecule has 6 heteroatoms. The van der Waals surface area contributed by atoms with E-state index in [2.05, 4.69) is 4.98 Å². The lowest BCUT2D eigenvalue weighted by Gasteiger charge is -2.38. The van der Waals surface area contributed by atoms with Gasteiger partial charge in [0.25, 0.3) is 5.91 Å². The first-order valence-corrected chi connectivity index (χ1v) is 8.14. The maximum absolute atomic E-state index is 12.4.